The molecule has 1 nitrogen and oxygen atoms in total. The molecule has 0 spiro atoms. The van der Waals surface area contributed by atoms with E-state index in [0.717, 1.165) is 0 Å². The molecular weight excluding hydrogens is 142 g/mol. The average Bonchev–Trinajstić information content (AvgIpc) is 2.00. The molecule has 0 saturated heterocycles. The molecule has 0 aliphatic heterocycles. The third-order valence-corrected chi connectivity index (χ3v) is 2.51. The lowest BCUT2D eigenvalue weighted by molar-refractivity contribution is 0.297. The van der Waals surface area contributed by atoms with E-state index in [0.29, 0.717) is 12.0 Å². The van der Waals surface area contributed by atoms with Crippen molar-refractivity contribution in [2.75, 3.05) is 7.05 Å². The summed E-state index contributed by atoms with van der Waals surface area (Å²) in [5.74, 6) is 0.695. The quantitative estimate of drug-likeness (QED) is 0.456. The van der Waals surface area contributed by atoms with Gasteiger partial charge in [0, 0.05) is 13.1 Å². The van der Waals surface area contributed by atoms with E-state index in [4.69, 9.17) is 12.2 Å². The molecule has 2 atom stereocenters. The van der Waals surface area contributed by atoms with E-state index < -0.39 is 0 Å². The Balaban J connectivity index is 3.80. The number of nitrogens with zero attached hydrogens (tertiary/aromatic N) is 1. The largest absolute Gasteiger partial charge is 0.360 e. The van der Waals surface area contributed by atoms with E-state index in [1.165, 1.54) is 6.42 Å². The molecule has 0 aromatic carbocycles. The Morgan fingerprint density at radius 3 is 2.30 bits per heavy atom. The van der Waals surface area contributed by atoms with E-state index >= 15 is 0 Å². The summed E-state index contributed by atoms with van der Waals surface area (Å²) in [4.78, 5) is 1.96. The van der Waals surface area contributed by atoms with Gasteiger partial charge >= 0.3 is 0 Å². The number of rotatable bonds is 4. The molecule has 0 aliphatic rings. The van der Waals surface area contributed by atoms with Gasteiger partial charge in [-0.3, -0.25) is 0 Å². The van der Waals surface area contributed by atoms with E-state index in [2.05, 4.69) is 26.3 Å². The molecule has 0 N–H and O–H groups in total. The minimum atomic E-state index is 0.516. The molecule has 1 radical (unpaired) electrons. The van der Waals surface area contributed by atoms with Crippen LogP contribution in [0.25, 0.3) is 0 Å². The molecule has 0 amide bonds. The first kappa shape index (κ1) is 9.89. The second-order valence-electron chi connectivity index (χ2n) is 2.83. The van der Waals surface area contributed by atoms with E-state index in [-0.39, 0.29) is 0 Å². The molecule has 0 rings (SSSR count). The highest BCUT2D eigenvalue weighted by atomic mass is 32.1. The predicted molar refractivity (Wildman–Crippen MR) is 49.3 cm³/mol. The van der Waals surface area contributed by atoms with Gasteiger partial charge in [-0.2, -0.15) is 0 Å². The van der Waals surface area contributed by atoms with Gasteiger partial charge in [-0.25, -0.2) is 0 Å². The first-order valence-corrected chi connectivity index (χ1v) is 4.14. The van der Waals surface area contributed by atoms with Crippen LogP contribution in [0.15, 0.2) is 0 Å². The SMILES string of the molecule is CCC(C)C(C)N(C)[C]=S. The fraction of sp³-hybridized carbons (Fsp3) is 0.875. The molecular formula is C8H16NS. The summed E-state index contributed by atoms with van der Waals surface area (Å²) < 4.78 is 0. The maximum Gasteiger partial charge on any atom is 0.136 e. The molecule has 0 aromatic rings. The summed E-state index contributed by atoms with van der Waals surface area (Å²) in [5.41, 5.74) is 2.70. The fourth-order valence-electron chi connectivity index (χ4n) is 0.806. The third kappa shape index (κ3) is 2.65. The fourth-order valence-corrected chi connectivity index (χ4v) is 0.972. The monoisotopic (exact) mass is 158 g/mol. The Kier molecular flexibility index (Phi) is 4.62. The third-order valence-electron chi connectivity index (χ3n) is 2.22. The second kappa shape index (κ2) is 4.67. The van der Waals surface area contributed by atoms with Crippen LogP contribution in [0.5, 0.6) is 0 Å². The van der Waals surface area contributed by atoms with Crippen molar-refractivity contribution in [3.8, 4) is 0 Å². The van der Waals surface area contributed by atoms with Gasteiger partial charge < -0.3 is 4.90 Å². The molecule has 0 bridgehead atoms. The molecule has 0 aromatic heterocycles. The maximum atomic E-state index is 4.69. The van der Waals surface area contributed by atoms with Crippen LogP contribution >= 0.6 is 12.2 Å². The summed E-state index contributed by atoms with van der Waals surface area (Å²) in [5, 5.41) is 0. The van der Waals surface area contributed by atoms with Gasteiger partial charge in [0.25, 0.3) is 0 Å². The second-order valence-corrected chi connectivity index (χ2v) is 3.01. The van der Waals surface area contributed by atoms with Crippen molar-refractivity contribution >= 4 is 17.7 Å². The van der Waals surface area contributed by atoms with Crippen molar-refractivity contribution in [2.45, 2.75) is 33.2 Å². The Labute approximate surface area is 69.4 Å². The smallest absolute Gasteiger partial charge is 0.136 e. The number of thiocarbonyl (C=S) groups is 1. The highest BCUT2D eigenvalue weighted by molar-refractivity contribution is 7.78. The molecule has 59 valence electrons. The molecule has 0 aliphatic carbocycles. The van der Waals surface area contributed by atoms with Crippen LogP contribution in [0.2, 0.25) is 0 Å². The lowest BCUT2D eigenvalue weighted by Crippen LogP contribution is -2.32. The van der Waals surface area contributed by atoms with Crippen LogP contribution < -0.4 is 0 Å². The van der Waals surface area contributed by atoms with Crippen LogP contribution in [0, 0.1) is 5.92 Å². The molecule has 0 saturated carbocycles. The van der Waals surface area contributed by atoms with Crippen molar-refractivity contribution in [2.24, 2.45) is 5.92 Å². The maximum absolute atomic E-state index is 4.69. The highest BCUT2D eigenvalue weighted by Gasteiger charge is 2.12. The summed E-state index contributed by atoms with van der Waals surface area (Å²) in [6.07, 6.45) is 1.20. The van der Waals surface area contributed by atoms with Crippen molar-refractivity contribution in [1.29, 1.82) is 0 Å². The number of hydrogen-bond acceptors (Lipinski definition) is 1. The minimum absolute atomic E-state index is 0.516. The Morgan fingerprint density at radius 1 is 1.50 bits per heavy atom. The van der Waals surface area contributed by atoms with Crippen LogP contribution in [-0.2, 0) is 0 Å². The topological polar surface area (TPSA) is 3.24 Å². The Bertz CT molecular complexity index is 103. The molecule has 0 fully saturated rings. The van der Waals surface area contributed by atoms with Gasteiger partial charge in [-0.15, -0.1) is 0 Å². The van der Waals surface area contributed by atoms with Gasteiger partial charge in [0.05, 0.1) is 0 Å². The van der Waals surface area contributed by atoms with Crippen molar-refractivity contribution in [1.82, 2.24) is 4.90 Å². The standard InChI is InChI=1S/C8H16NS/c1-5-7(2)8(3)9(4)6-10/h7-8H,5H2,1-4H3. The van der Waals surface area contributed by atoms with E-state index in [1.807, 2.05) is 11.9 Å². The molecule has 2 unspecified atom stereocenters. The van der Waals surface area contributed by atoms with Gasteiger partial charge in [-0.1, -0.05) is 32.5 Å². The summed E-state index contributed by atoms with van der Waals surface area (Å²) in [7, 11) is 1.98. The van der Waals surface area contributed by atoms with Crippen LogP contribution in [0.3, 0.4) is 0 Å². The van der Waals surface area contributed by atoms with Gasteiger partial charge in [-0.05, 0) is 12.8 Å². The minimum Gasteiger partial charge on any atom is -0.360 e. The lowest BCUT2D eigenvalue weighted by atomic mass is 10.0. The summed E-state index contributed by atoms with van der Waals surface area (Å²) >= 11 is 4.69. The summed E-state index contributed by atoms with van der Waals surface area (Å²) in [6.45, 7) is 6.60. The van der Waals surface area contributed by atoms with Crippen LogP contribution in [0.1, 0.15) is 27.2 Å². The van der Waals surface area contributed by atoms with E-state index in [1.54, 1.807) is 0 Å². The van der Waals surface area contributed by atoms with Gasteiger partial charge in [0.1, 0.15) is 5.49 Å². The average molecular weight is 158 g/mol. The predicted octanol–water partition coefficient (Wildman–Crippen LogP) is 2.19. The van der Waals surface area contributed by atoms with Gasteiger partial charge in [0.2, 0.25) is 0 Å². The van der Waals surface area contributed by atoms with Gasteiger partial charge in [0.15, 0.2) is 0 Å². The number of hydrogen-bond donors (Lipinski definition) is 0. The van der Waals surface area contributed by atoms with Crippen LogP contribution in [0.4, 0.5) is 0 Å². The zero-order chi connectivity index (χ0) is 8.15. The first-order valence-electron chi connectivity index (χ1n) is 3.74. The Morgan fingerprint density at radius 2 is 2.00 bits per heavy atom. The first-order chi connectivity index (χ1) is 4.63. The van der Waals surface area contributed by atoms with Crippen molar-refractivity contribution in [3.63, 3.8) is 0 Å². The zero-order valence-electron chi connectivity index (χ0n) is 7.22. The molecule has 10 heavy (non-hydrogen) atoms. The Hall–Kier alpha value is -0.110. The van der Waals surface area contributed by atoms with E-state index in [9.17, 15) is 0 Å². The highest BCUT2D eigenvalue weighted by Crippen LogP contribution is 2.10. The zero-order valence-corrected chi connectivity index (χ0v) is 8.03. The normalized spacial score (nSPS) is 16.0. The van der Waals surface area contributed by atoms with Crippen LogP contribution in [-0.4, -0.2) is 23.5 Å². The van der Waals surface area contributed by atoms with Crippen molar-refractivity contribution in [3.05, 3.63) is 0 Å². The summed E-state index contributed by atoms with van der Waals surface area (Å²) in [6, 6.07) is 0.516. The van der Waals surface area contributed by atoms with Crippen molar-refractivity contribution < 1.29 is 0 Å². The molecule has 2 heteroatoms. The lowest BCUT2D eigenvalue weighted by Gasteiger charge is -2.26. The molecule has 0 heterocycles.